The predicted octanol–water partition coefficient (Wildman–Crippen LogP) is 5.74. The SMILES string of the molecule is CCC(C(=O)NCC(C)C)N(Cc1ccc(Cl)c(Cl)c1)C(=O)CCCOc1ccc(OC)cc1. The third kappa shape index (κ3) is 8.73. The Labute approximate surface area is 212 Å². The molecule has 2 aromatic carbocycles. The number of rotatable bonds is 13. The van der Waals surface area contributed by atoms with Crippen LogP contribution in [0.3, 0.4) is 0 Å². The molecular weight excluding hydrogens is 475 g/mol. The average Bonchev–Trinajstić information content (AvgIpc) is 2.82. The molecule has 0 fully saturated rings. The van der Waals surface area contributed by atoms with Crippen LogP contribution in [-0.2, 0) is 16.1 Å². The van der Waals surface area contributed by atoms with Gasteiger partial charge in [-0.3, -0.25) is 9.59 Å². The van der Waals surface area contributed by atoms with Gasteiger partial charge < -0.3 is 19.7 Å². The van der Waals surface area contributed by atoms with Crippen LogP contribution in [0.25, 0.3) is 0 Å². The molecule has 2 aromatic rings. The fraction of sp³-hybridized carbons (Fsp3) is 0.462. The van der Waals surface area contributed by atoms with E-state index in [9.17, 15) is 9.59 Å². The Morgan fingerprint density at radius 2 is 1.71 bits per heavy atom. The van der Waals surface area contributed by atoms with Gasteiger partial charge in [0.15, 0.2) is 0 Å². The molecule has 1 atom stereocenters. The highest BCUT2D eigenvalue weighted by atomic mass is 35.5. The van der Waals surface area contributed by atoms with E-state index in [4.69, 9.17) is 32.7 Å². The van der Waals surface area contributed by atoms with Crippen molar-refractivity contribution in [1.82, 2.24) is 10.2 Å². The highest BCUT2D eigenvalue weighted by molar-refractivity contribution is 6.42. The molecule has 0 spiro atoms. The molecule has 2 amide bonds. The van der Waals surface area contributed by atoms with E-state index in [0.29, 0.717) is 47.7 Å². The zero-order valence-corrected chi connectivity index (χ0v) is 21.8. The summed E-state index contributed by atoms with van der Waals surface area (Å²) in [5.41, 5.74) is 0.812. The molecule has 0 aliphatic rings. The number of methoxy groups -OCH3 is 1. The number of nitrogens with one attached hydrogen (secondary N) is 1. The Bertz CT molecular complexity index is 935. The van der Waals surface area contributed by atoms with Gasteiger partial charge in [0.1, 0.15) is 17.5 Å². The lowest BCUT2D eigenvalue weighted by Gasteiger charge is -2.31. The van der Waals surface area contributed by atoms with Gasteiger partial charge in [-0.2, -0.15) is 0 Å². The number of benzene rings is 2. The molecule has 1 unspecified atom stereocenters. The van der Waals surface area contributed by atoms with Crippen molar-refractivity contribution in [2.24, 2.45) is 5.92 Å². The Hall–Kier alpha value is -2.44. The van der Waals surface area contributed by atoms with E-state index < -0.39 is 6.04 Å². The summed E-state index contributed by atoms with van der Waals surface area (Å²) in [6.07, 6.45) is 1.28. The van der Waals surface area contributed by atoms with E-state index in [1.165, 1.54) is 0 Å². The monoisotopic (exact) mass is 508 g/mol. The smallest absolute Gasteiger partial charge is 0.242 e. The quantitative estimate of drug-likeness (QED) is 0.350. The van der Waals surface area contributed by atoms with Gasteiger partial charge in [-0.15, -0.1) is 0 Å². The van der Waals surface area contributed by atoms with Crippen molar-refractivity contribution in [3.05, 3.63) is 58.1 Å². The van der Waals surface area contributed by atoms with Crippen LogP contribution in [0.15, 0.2) is 42.5 Å². The summed E-state index contributed by atoms with van der Waals surface area (Å²) in [6, 6.07) is 12.0. The lowest BCUT2D eigenvalue weighted by molar-refractivity contribution is -0.141. The van der Waals surface area contributed by atoms with Crippen LogP contribution in [0.4, 0.5) is 0 Å². The molecule has 8 heteroatoms. The molecule has 1 N–H and O–H groups in total. The number of halogens is 2. The zero-order valence-electron chi connectivity index (χ0n) is 20.3. The van der Waals surface area contributed by atoms with Crippen molar-refractivity contribution in [2.75, 3.05) is 20.3 Å². The fourth-order valence-electron chi connectivity index (χ4n) is 3.41. The minimum Gasteiger partial charge on any atom is -0.497 e. The zero-order chi connectivity index (χ0) is 25.1. The normalized spacial score (nSPS) is 11.7. The van der Waals surface area contributed by atoms with Crippen LogP contribution >= 0.6 is 23.2 Å². The van der Waals surface area contributed by atoms with Crippen molar-refractivity contribution in [2.45, 2.75) is 52.6 Å². The van der Waals surface area contributed by atoms with E-state index in [0.717, 1.165) is 11.3 Å². The van der Waals surface area contributed by atoms with E-state index in [1.54, 1.807) is 24.1 Å². The molecule has 0 saturated carbocycles. The summed E-state index contributed by atoms with van der Waals surface area (Å²) >= 11 is 12.2. The van der Waals surface area contributed by atoms with Gasteiger partial charge >= 0.3 is 0 Å². The number of carbonyl (C=O) groups is 2. The minimum atomic E-state index is -0.580. The molecule has 0 aliphatic carbocycles. The highest BCUT2D eigenvalue weighted by Crippen LogP contribution is 2.24. The fourth-order valence-corrected chi connectivity index (χ4v) is 3.73. The van der Waals surface area contributed by atoms with Gasteiger partial charge in [-0.1, -0.05) is 50.0 Å². The number of nitrogens with zero attached hydrogens (tertiary/aromatic N) is 1. The molecule has 6 nitrogen and oxygen atoms in total. The second kappa shape index (κ2) is 14.1. The van der Waals surface area contributed by atoms with Crippen molar-refractivity contribution >= 4 is 35.0 Å². The van der Waals surface area contributed by atoms with Crippen LogP contribution in [-0.4, -0.2) is 43.0 Å². The summed E-state index contributed by atoms with van der Waals surface area (Å²) in [6.45, 7) is 7.17. The largest absolute Gasteiger partial charge is 0.497 e. The first-order valence-electron chi connectivity index (χ1n) is 11.5. The van der Waals surface area contributed by atoms with Gasteiger partial charge in [0.25, 0.3) is 0 Å². The molecule has 0 heterocycles. The second-order valence-electron chi connectivity index (χ2n) is 8.46. The highest BCUT2D eigenvalue weighted by Gasteiger charge is 2.28. The van der Waals surface area contributed by atoms with Gasteiger partial charge in [0.05, 0.1) is 23.8 Å². The Morgan fingerprint density at radius 1 is 1.03 bits per heavy atom. The van der Waals surface area contributed by atoms with Crippen molar-refractivity contribution in [1.29, 1.82) is 0 Å². The Morgan fingerprint density at radius 3 is 2.29 bits per heavy atom. The number of carbonyl (C=O) groups excluding carboxylic acids is 2. The average molecular weight is 509 g/mol. The van der Waals surface area contributed by atoms with E-state index >= 15 is 0 Å². The number of ether oxygens (including phenoxy) is 2. The van der Waals surface area contributed by atoms with Crippen LogP contribution in [0, 0.1) is 5.92 Å². The summed E-state index contributed by atoms with van der Waals surface area (Å²) in [5.74, 6) is 1.51. The summed E-state index contributed by atoms with van der Waals surface area (Å²) < 4.78 is 10.9. The predicted molar refractivity (Wildman–Crippen MR) is 137 cm³/mol. The van der Waals surface area contributed by atoms with Crippen LogP contribution in [0.1, 0.15) is 45.6 Å². The number of hydrogen-bond acceptors (Lipinski definition) is 4. The number of hydrogen-bond donors (Lipinski definition) is 1. The molecule has 0 bridgehead atoms. The van der Waals surface area contributed by atoms with E-state index in [2.05, 4.69) is 5.32 Å². The molecular formula is C26H34Cl2N2O4. The second-order valence-corrected chi connectivity index (χ2v) is 9.28. The van der Waals surface area contributed by atoms with Crippen LogP contribution < -0.4 is 14.8 Å². The van der Waals surface area contributed by atoms with Gasteiger partial charge in [-0.05, 0) is 60.7 Å². The molecule has 0 radical (unpaired) electrons. The van der Waals surface area contributed by atoms with Gasteiger partial charge in [-0.25, -0.2) is 0 Å². The van der Waals surface area contributed by atoms with Gasteiger partial charge in [0, 0.05) is 19.5 Å². The third-order valence-corrected chi connectivity index (χ3v) is 6.01. The van der Waals surface area contributed by atoms with Crippen molar-refractivity contribution < 1.29 is 19.1 Å². The van der Waals surface area contributed by atoms with E-state index in [1.807, 2.05) is 51.1 Å². The molecule has 2 rings (SSSR count). The van der Waals surface area contributed by atoms with Crippen LogP contribution in [0.2, 0.25) is 10.0 Å². The summed E-state index contributed by atoms with van der Waals surface area (Å²) in [5, 5.41) is 3.82. The molecule has 0 aromatic heterocycles. The van der Waals surface area contributed by atoms with Gasteiger partial charge in [0.2, 0.25) is 11.8 Å². The van der Waals surface area contributed by atoms with Crippen molar-refractivity contribution in [3.8, 4) is 11.5 Å². The molecule has 186 valence electrons. The summed E-state index contributed by atoms with van der Waals surface area (Å²) in [7, 11) is 1.61. The van der Waals surface area contributed by atoms with E-state index in [-0.39, 0.29) is 24.8 Å². The summed E-state index contributed by atoms with van der Waals surface area (Å²) in [4.78, 5) is 27.8. The Balaban J connectivity index is 2.06. The van der Waals surface area contributed by atoms with Crippen LogP contribution in [0.5, 0.6) is 11.5 Å². The first kappa shape index (κ1) is 27.8. The first-order valence-corrected chi connectivity index (χ1v) is 12.3. The lowest BCUT2D eigenvalue weighted by atomic mass is 10.1. The Kier molecular flexibility index (Phi) is 11.5. The maximum atomic E-state index is 13.3. The molecule has 34 heavy (non-hydrogen) atoms. The molecule has 0 aliphatic heterocycles. The lowest BCUT2D eigenvalue weighted by Crippen LogP contribution is -2.49. The standard InChI is InChI=1S/C26H34Cl2N2O4/c1-5-24(26(32)29-16-18(2)3)30(17-19-8-13-22(27)23(28)15-19)25(31)7-6-14-34-21-11-9-20(33-4)10-12-21/h8-13,15,18,24H,5-7,14,16-17H2,1-4H3,(H,29,32). The maximum absolute atomic E-state index is 13.3. The number of amides is 2. The third-order valence-electron chi connectivity index (χ3n) is 5.27. The first-order chi connectivity index (χ1) is 16.2. The van der Waals surface area contributed by atoms with Crippen molar-refractivity contribution in [3.63, 3.8) is 0 Å². The minimum absolute atomic E-state index is 0.115. The maximum Gasteiger partial charge on any atom is 0.242 e. The molecule has 0 saturated heterocycles. The topological polar surface area (TPSA) is 67.9 Å².